The zero-order valence-electron chi connectivity index (χ0n) is 12.4. The molecule has 0 bridgehead atoms. The van der Waals surface area contributed by atoms with Crippen molar-refractivity contribution < 1.29 is 9.59 Å². The predicted molar refractivity (Wildman–Crippen MR) is 84.3 cm³/mol. The van der Waals surface area contributed by atoms with E-state index < -0.39 is 0 Å². The van der Waals surface area contributed by atoms with Crippen LogP contribution in [-0.2, 0) is 4.79 Å². The third-order valence-electron chi connectivity index (χ3n) is 3.88. The van der Waals surface area contributed by atoms with E-state index in [1.165, 1.54) is 11.3 Å². The lowest BCUT2D eigenvalue weighted by Gasteiger charge is -2.38. The summed E-state index contributed by atoms with van der Waals surface area (Å²) < 4.78 is 0. The van der Waals surface area contributed by atoms with Crippen molar-refractivity contribution in [2.24, 2.45) is 5.73 Å². The molecule has 0 aromatic carbocycles. The third-order valence-corrected chi connectivity index (χ3v) is 4.57. The van der Waals surface area contributed by atoms with Gasteiger partial charge in [-0.1, -0.05) is 0 Å². The quantitative estimate of drug-likeness (QED) is 0.867. The molecule has 1 aromatic rings. The molecule has 2 atom stereocenters. The molecule has 1 fully saturated rings. The van der Waals surface area contributed by atoms with Crippen molar-refractivity contribution >= 4 is 23.2 Å². The van der Waals surface area contributed by atoms with Gasteiger partial charge < -0.3 is 16.0 Å². The van der Waals surface area contributed by atoms with Crippen LogP contribution in [0.4, 0.5) is 0 Å². The van der Waals surface area contributed by atoms with Crippen molar-refractivity contribution in [3.05, 3.63) is 22.4 Å². The molecule has 5 nitrogen and oxygen atoms in total. The minimum absolute atomic E-state index is 0.00496. The Morgan fingerprint density at radius 1 is 1.52 bits per heavy atom. The highest BCUT2D eigenvalue weighted by Crippen LogP contribution is 2.19. The first-order valence-electron chi connectivity index (χ1n) is 7.45. The van der Waals surface area contributed by atoms with Gasteiger partial charge in [-0.2, -0.15) is 11.3 Å². The van der Waals surface area contributed by atoms with Gasteiger partial charge in [0.25, 0.3) is 5.91 Å². The number of nitrogens with two attached hydrogens (primary N) is 1. The number of hydrogen-bond donors (Lipinski definition) is 2. The average Bonchev–Trinajstić information content (AvgIpc) is 3.01. The summed E-state index contributed by atoms with van der Waals surface area (Å²) in [5.41, 5.74) is 6.63. The molecular formula is C15H23N3O2S. The van der Waals surface area contributed by atoms with E-state index in [-0.39, 0.29) is 23.9 Å². The second kappa shape index (κ2) is 7.56. The van der Waals surface area contributed by atoms with Crippen molar-refractivity contribution in [1.82, 2.24) is 10.2 Å². The number of carbonyl (C=O) groups is 2. The Hall–Kier alpha value is -1.40. The number of likely N-dealkylation sites (tertiary alicyclic amines) is 1. The molecule has 3 N–H and O–H groups in total. The van der Waals surface area contributed by atoms with Crippen molar-refractivity contribution in [3.63, 3.8) is 0 Å². The van der Waals surface area contributed by atoms with E-state index in [0.29, 0.717) is 18.5 Å². The Morgan fingerprint density at radius 3 is 3.00 bits per heavy atom. The van der Waals surface area contributed by atoms with Gasteiger partial charge in [0.05, 0.1) is 0 Å². The SMILES string of the molecule is CC(N)C1CCCCN1C(=O)CCNC(=O)c1ccsc1. The second-order valence-corrected chi connectivity index (χ2v) is 6.31. The summed E-state index contributed by atoms with van der Waals surface area (Å²) >= 11 is 1.48. The number of rotatable bonds is 5. The predicted octanol–water partition coefficient (Wildman–Crippen LogP) is 1.60. The Labute approximate surface area is 129 Å². The minimum Gasteiger partial charge on any atom is -0.351 e. The Bertz CT molecular complexity index is 473. The van der Waals surface area contributed by atoms with Crippen LogP contribution in [-0.4, -0.2) is 41.9 Å². The van der Waals surface area contributed by atoms with E-state index in [0.717, 1.165) is 25.8 Å². The number of carbonyl (C=O) groups excluding carboxylic acids is 2. The maximum atomic E-state index is 12.3. The molecule has 116 valence electrons. The average molecular weight is 309 g/mol. The van der Waals surface area contributed by atoms with Crippen LogP contribution in [0.1, 0.15) is 43.0 Å². The van der Waals surface area contributed by atoms with E-state index in [1.54, 1.807) is 11.4 Å². The van der Waals surface area contributed by atoms with Gasteiger partial charge in [-0.25, -0.2) is 0 Å². The normalized spacial score (nSPS) is 20.1. The molecular weight excluding hydrogens is 286 g/mol. The van der Waals surface area contributed by atoms with Crippen LogP contribution in [0.5, 0.6) is 0 Å². The molecule has 21 heavy (non-hydrogen) atoms. The lowest BCUT2D eigenvalue weighted by atomic mass is 9.96. The molecule has 0 aliphatic carbocycles. The topological polar surface area (TPSA) is 75.4 Å². The zero-order valence-corrected chi connectivity index (χ0v) is 13.2. The fraction of sp³-hybridized carbons (Fsp3) is 0.600. The maximum absolute atomic E-state index is 12.3. The lowest BCUT2D eigenvalue weighted by Crippen LogP contribution is -2.52. The number of thiophene rings is 1. The fourth-order valence-electron chi connectivity index (χ4n) is 2.74. The van der Waals surface area contributed by atoms with Crippen LogP contribution in [0.3, 0.4) is 0 Å². The molecule has 0 spiro atoms. The first-order chi connectivity index (χ1) is 10.1. The van der Waals surface area contributed by atoms with Crippen LogP contribution in [0, 0.1) is 0 Å². The molecule has 2 amide bonds. The van der Waals surface area contributed by atoms with E-state index in [4.69, 9.17) is 5.73 Å². The van der Waals surface area contributed by atoms with Gasteiger partial charge in [-0.05, 0) is 37.6 Å². The Balaban J connectivity index is 1.79. The first kappa shape index (κ1) is 16.0. The molecule has 1 aromatic heterocycles. The summed E-state index contributed by atoms with van der Waals surface area (Å²) in [6, 6.07) is 1.91. The summed E-state index contributed by atoms with van der Waals surface area (Å²) in [5, 5.41) is 6.45. The van der Waals surface area contributed by atoms with Crippen LogP contribution < -0.4 is 11.1 Å². The van der Waals surface area contributed by atoms with Gasteiger partial charge in [-0.15, -0.1) is 0 Å². The van der Waals surface area contributed by atoms with Crippen molar-refractivity contribution in [2.45, 2.75) is 44.7 Å². The van der Waals surface area contributed by atoms with Crippen LogP contribution in [0.15, 0.2) is 16.8 Å². The van der Waals surface area contributed by atoms with Crippen molar-refractivity contribution in [2.75, 3.05) is 13.1 Å². The maximum Gasteiger partial charge on any atom is 0.252 e. The summed E-state index contributed by atoms with van der Waals surface area (Å²) in [6.45, 7) is 3.10. The summed E-state index contributed by atoms with van der Waals surface area (Å²) in [6.07, 6.45) is 3.48. The molecule has 2 unspecified atom stereocenters. The zero-order chi connectivity index (χ0) is 15.2. The molecule has 2 heterocycles. The van der Waals surface area contributed by atoms with Gasteiger partial charge in [0.2, 0.25) is 5.91 Å². The molecule has 0 radical (unpaired) electrons. The number of nitrogens with one attached hydrogen (secondary N) is 1. The third kappa shape index (κ3) is 4.28. The highest BCUT2D eigenvalue weighted by molar-refractivity contribution is 7.08. The van der Waals surface area contributed by atoms with Gasteiger partial charge in [0.15, 0.2) is 0 Å². The van der Waals surface area contributed by atoms with E-state index in [1.807, 2.05) is 17.2 Å². The fourth-order valence-corrected chi connectivity index (χ4v) is 3.37. The summed E-state index contributed by atoms with van der Waals surface area (Å²) in [7, 11) is 0. The Kier molecular flexibility index (Phi) is 5.76. The minimum atomic E-state index is -0.119. The van der Waals surface area contributed by atoms with Crippen molar-refractivity contribution in [1.29, 1.82) is 0 Å². The van der Waals surface area contributed by atoms with E-state index in [2.05, 4.69) is 5.32 Å². The van der Waals surface area contributed by atoms with E-state index >= 15 is 0 Å². The molecule has 1 aliphatic heterocycles. The molecule has 0 saturated carbocycles. The van der Waals surface area contributed by atoms with Gasteiger partial charge >= 0.3 is 0 Å². The molecule has 2 rings (SSSR count). The largest absolute Gasteiger partial charge is 0.351 e. The summed E-state index contributed by atoms with van der Waals surface area (Å²) in [4.78, 5) is 26.0. The highest BCUT2D eigenvalue weighted by atomic mass is 32.1. The van der Waals surface area contributed by atoms with Crippen LogP contribution in [0.25, 0.3) is 0 Å². The number of amides is 2. The first-order valence-corrected chi connectivity index (χ1v) is 8.39. The number of hydrogen-bond acceptors (Lipinski definition) is 4. The molecule has 6 heteroatoms. The van der Waals surface area contributed by atoms with Crippen LogP contribution >= 0.6 is 11.3 Å². The van der Waals surface area contributed by atoms with Gasteiger partial charge in [0, 0.05) is 42.5 Å². The highest BCUT2D eigenvalue weighted by Gasteiger charge is 2.28. The monoisotopic (exact) mass is 309 g/mol. The summed E-state index contributed by atoms with van der Waals surface area (Å²) in [5.74, 6) is -0.0333. The van der Waals surface area contributed by atoms with E-state index in [9.17, 15) is 9.59 Å². The van der Waals surface area contributed by atoms with Gasteiger partial charge in [-0.3, -0.25) is 9.59 Å². The number of piperidine rings is 1. The lowest BCUT2D eigenvalue weighted by molar-refractivity contribution is -0.135. The number of nitrogens with zero attached hydrogens (tertiary/aromatic N) is 1. The Morgan fingerprint density at radius 2 is 2.33 bits per heavy atom. The standard InChI is InChI=1S/C15H23N3O2S/c1-11(16)13-4-2-3-8-18(13)14(19)5-7-17-15(20)12-6-9-21-10-12/h6,9-11,13H,2-5,7-8,16H2,1H3,(H,17,20). The molecule has 1 saturated heterocycles. The molecule has 1 aliphatic rings. The van der Waals surface area contributed by atoms with Crippen molar-refractivity contribution in [3.8, 4) is 0 Å². The van der Waals surface area contributed by atoms with Crippen LogP contribution in [0.2, 0.25) is 0 Å². The van der Waals surface area contributed by atoms with Gasteiger partial charge in [0.1, 0.15) is 0 Å². The smallest absolute Gasteiger partial charge is 0.252 e. The second-order valence-electron chi connectivity index (χ2n) is 5.53.